The van der Waals surface area contributed by atoms with Gasteiger partial charge >= 0.3 is 0 Å². The molecule has 0 fully saturated rings. The summed E-state index contributed by atoms with van der Waals surface area (Å²) in [7, 11) is -2.94. The van der Waals surface area contributed by atoms with E-state index in [9.17, 15) is 0 Å². The van der Waals surface area contributed by atoms with Crippen LogP contribution in [0.3, 0.4) is 0 Å². The Kier molecular flexibility index (Phi) is 6.91. The van der Waals surface area contributed by atoms with Crippen LogP contribution in [-0.4, -0.2) is 22.6 Å². The summed E-state index contributed by atoms with van der Waals surface area (Å²) < 4.78 is 9.02. The first-order valence-electron chi connectivity index (χ1n) is 19.4. The summed E-state index contributed by atoms with van der Waals surface area (Å²) in [6.07, 6.45) is 0. The highest BCUT2D eigenvalue weighted by Crippen LogP contribution is 2.41. The van der Waals surface area contributed by atoms with E-state index in [0.717, 1.165) is 77.8 Å². The van der Waals surface area contributed by atoms with Crippen molar-refractivity contribution in [2.24, 2.45) is 0 Å². The van der Waals surface area contributed by atoms with E-state index in [0.29, 0.717) is 0 Å². The van der Waals surface area contributed by atoms with Crippen LogP contribution in [0.1, 0.15) is 0 Å². The van der Waals surface area contributed by atoms with E-state index in [1.165, 1.54) is 26.3 Å². The number of hydrogen-bond acceptors (Lipinski definition) is 3. The molecule has 0 bridgehead atoms. The second-order valence-corrected chi connectivity index (χ2v) is 18.5. The average molecular weight is 744 g/mol. The lowest BCUT2D eigenvalue weighted by atomic mass is 10.1. The first-order valence-corrected chi connectivity index (χ1v) is 21.4. The molecule has 8 aromatic carbocycles. The molecule has 0 atom stereocenters. The van der Waals surface area contributed by atoms with Gasteiger partial charge in [-0.25, -0.2) is 9.97 Å². The third-order valence-electron chi connectivity index (χ3n) is 11.9. The fraction of sp³-hybridized carbons (Fsp3) is 0. The number of para-hydroxylation sites is 2. The normalized spacial score (nSPS) is 13.1. The second-order valence-electron chi connectivity index (χ2n) is 14.9. The van der Waals surface area contributed by atoms with Crippen LogP contribution in [-0.2, 0) is 0 Å². The first kappa shape index (κ1) is 32.0. The van der Waals surface area contributed by atoms with Crippen molar-refractivity contribution >= 4 is 72.6 Å². The van der Waals surface area contributed by atoms with Gasteiger partial charge in [-0.15, -0.1) is 0 Å². The molecule has 0 saturated heterocycles. The standard InChI is InChI=1S/C52H33N3OSi/c1-4-17-34(18-5-1)52-53-48(51-49(54-52)42-27-12-15-30-46(42)57(51,37-21-6-2-7-22-37)38-23-8-3-9-24-38)35-19-16-20-36(33-35)55-43-28-13-10-26-41(43)47-44(55)32-31-40-39-25-11-14-29-45(39)56-50(40)47/h1-33H. The van der Waals surface area contributed by atoms with Gasteiger partial charge in [-0.2, -0.15) is 0 Å². The minimum absolute atomic E-state index is 0.722. The maximum absolute atomic E-state index is 6.63. The summed E-state index contributed by atoms with van der Waals surface area (Å²) in [5, 5.41) is 9.73. The number of fused-ring (bicyclic) bond motifs is 10. The van der Waals surface area contributed by atoms with Gasteiger partial charge in [0.1, 0.15) is 11.2 Å². The molecule has 1 aliphatic heterocycles. The molecule has 0 aliphatic carbocycles. The van der Waals surface area contributed by atoms with Crippen LogP contribution in [0.4, 0.5) is 0 Å². The minimum Gasteiger partial charge on any atom is -0.455 e. The van der Waals surface area contributed by atoms with Gasteiger partial charge in [-0.3, -0.25) is 0 Å². The maximum Gasteiger partial charge on any atom is 0.185 e. The third kappa shape index (κ3) is 4.55. The molecule has 4 heterocycles. The summed E-state index contributed by atoms with van der Waals surface area (Å²) in [5.41, 5.74) is 10.3. The fourth-order valence-corrected chi connectivity index (χ4v) is 14.8. The molecule has 57 heavy (non-hydrogen) atoms. The molecule has 0 N–H and O–H groups in total. The van der Waals surface area contributed by atoms with E-state index in [-0.39, 0.29) is 0 Å². The number of furan rings is 1. The van der Waals surface area contributed by atoms with E-state index in [2.05, 4.69) is 193 Å². The number of rotatable bonds is 5. The Hall–Kier alpha value is -7.34. The van der Waals surface area contributed by atoms with E-state index in [1.807, 2.05) is 12.1 Å². The van der Waals surface area contributed by atoms with Crippen molar-refractivity contribution in [1.29, 1.82) is 0 Å². The molecule has 0 unspecified atom stereocenters. The molecule has 0 radical (unpaired) electrons. The number of hydrogen-bond donors (Lipinski definition) is 0. The van der Waals surface area contributed by atoms with Gasteiger partial charge in [0.2, 0.25) is 0 Å². The van der Waals surface area contributed by atoms with Crippen molar-refractivity contribution < 1.29 is 4.42 Å². The van der Waals surface area contributed by atoms with Crippen LogP contribution < -0.4 is 20.7 Å². The number of nitrogens with zero attached hydrogens (tertiary/aromatic N) is 3. The average Bonchev–Trinajstić information content (AvgIpc) is 3.94. The predicted molar refractivity (Wildman–Crippen MR) is 237 cm³/mol. The lowest BCUT2D eigenvalue weighted by Crippen LogP contribution is -2.73. The van der Waals surface area contributed by atoms with Crippen molar-refractivity contribution in [2.75, 3.05) is 0 Å². The maximum atomic E-state index is 6.63. The third-order valence-corrected chi connectivity index (χ3v) is 16.7. The summed E-state index contributed by atoms with van der Waals surface area (Å²) in [4.78, 5) is 11.1. The van der Waals surface area contributed by atoms with Crippen molar-refractivity contribution in [3.63, 3.8) is 0 Å². The van der Waals surface area contributed by atoms with Crippen LogP contribution in [0.25, 0.3) is 83.3 Å². The molecule has 4 nitrogen and oxygen atoms in total. The molecule has 12 rings (SSSR count). The van der Waals surface area contributed by atoms with Crippen LogP contribution >= 0.6 is 0 Å². The first-order chi connectivity index (χ1) is 28.3. The number of aromatic nitrogens is 3. The molecule has 0 spiro atoms. The van der Waals surface area contributed by atoms with E-state index >= 15 is 0 Å². The van der Waals surface area contributed by atoms with Crippen molar-refractivity contribution in [3.05, 3.63) is 200 Å². The van der Waals surface area contributed by atoms with Crippen LogP contribution in [0.15, 0.2) is 205 Å². The molecule has 266 valence electrons. The zero-order valence-electron chi connectivity index (χ0n) is 30.8. The topological polar surface area (TPSA) is 43.9 Å². The van der Waals surface area contributed by atoms with Crippen molar-refractivity contribution in [2.45, 2.75) is 0 Å². The highest BCUT2D eigenvalue weighted by molar-refractivity contribution is 7.22. The molecule has 11 aromatic rings. The highest BCUT2D eigenvalue weighted by Gasteiger charge is 2.51. The van der Waals surface area contributed by atoms with Gasteiger partial charge in [0.25, 0.3) is 0 Å². The number of benzene rings is 8. The van der Waals surface area contributed by atoms with Gasteiger partial charge in [0.15, 0.2) is 13.9 Å². The Morgan fingerprint density at radius 2 is 1.09 bits per heavy atom. The Bertz CT molecular complexity index is 3310. The monoisotopic (exact) mass is 743 g/mol. The Balaban J connectivity index is 1.18. The summed E-state index contributed by atoms with van der Waals surface area (Å²) in [6, 6.07) is 71.9. The summed E-state index contributed by atoms with van der Waals surface area (Å²) in [5.74, 6) is 0.722. The molecular weight excluding hydrogens is 711 g/mol. The van der Waals surface area contributed by atoms with Gasteiger partial charge in [0.05, 0.1) is 27.8 Å². The molecule has 1 aliphatic rings. The summed E-state index contributed by atoms with van der Waals surface area (Å²) >= 11 is 0. The van der Waals surface area contributed by atoms with Gasteiger partial charge < -0.3 is 8.98 Å². The summed E-state index contributed by atoms with van der Waals surface area (Å²) in [6.45, 7) is 0. The van der Waals surface area contributed by atoms with E-state index in [4.69, 9.17) is 14.4 Å². The Morgan fingerprint density at radius 3 is 1.88 bits per heavy atom. The molecule has 0 saturated carbocycles. The Morgan fingerprint density at radius 1 is 0.456 bits per heavy atom. The molecule has 3 aromatic heterocycles. The van der Waals surface area contributed by atoms with Crippen LogP contribution in [0, 0.1) is 0 Å². The molecule has 0 amide bonds. The highest BCUT2D eigenvalue weighted by atomic mass is 28.3. The quantitative estimate of drug-likeness (QED) is 0.165. The lowest BCUT2D eigenvalue weighted by molar-refractivity contribution is 0.673. The SMILES string of the molecule is c1ccc(-c2nc(-c3cccc(-n4c5ccccc5c5c6oc7ccccc7c6ccc54)c3)c3c(n2)-c2ccccc2[Si]3(c2ccccc2)c2ccccc2)cc1. The smallest absolute Gasteiger partial charge is 0.185 e. The van der Waals surface area contributed by atoms with Crippen LogP contribution in [0.5, 0.6) is 0 Å². The molecular formula is C52H33N3OSi. The predicted octanol–water partition coefficient (Wildman–Crippen LogP) is 10.2. The van der Waals surface area contributed by atoms with Crippen LogP contribution in [0.2, 0.25) is 0 Å². The van der Waals surface area contributed by atoms with E-state index in [1.54, 1.807) is 0 Å². The van der Waals surface area contributed by atoms with Gasteiger partial charge in [-0.05, 0) is 52.0 Å². The van der Waals surface area contributed by atoms with E-state index < -0.39 is 8.07 Å². The molecule has 5 heteroatoms. The van der Waals surface area contributed by atoms with Crippen molar-refractivity contribution in [1.82, 2.24) is 14.5 Å². The zero-order chi connectivity index (χ0) is 37.5. The van der Waals surface area contributed by atoms with Crippen molar-refractivity contribution in [3.8, 4) is 39.6 Å². The zero-order valence-corrected chi connectivity index (χ0v) is 31.8. The van der Waals surface area contributed by atoms with Gasteiger partial charge in [0, 0.05) is 43.7 Å². The lowest BCUT2D eigenvalue weighted by Gasteiger charge is -2.32. The second kappa shape index (κ2) is 12.3. The largest absolute Gasteiger partial charge is 0.455 e. The minimum atomic E-state index is -2.94. The fourth-order valence-electron chi connectivity index (χ4n) is 9.54. The Labute approximate surface area is 330 Å². The van der Waals surface area contributed by atoms with Gasteiger partial charge in [-0.1, -0.05) is 164 Å².